The van der Waals surface area contributed by atoms with Crippen LogP contribution in [0.5, 0.6) is 11.6 Å². The van der Waals surface area contributed by atoms with Crippen molar-refractivity contribution in [2.75, 3.05) is 6.61 Å². The lowest BCUT2D eigenvalue weighted by Crippen LogP contribution is -2.10. The molecule has 0 amide bonds. The minimum atomic E-state index is -0.164. The Hall–Kier alpha value is -2.53. The molecule has 0 spiro atoms. The van der Waals surface area contributed by atoms with Crippen LogP contribution >= 0.6 is 11.6 Å². The molecule has 0 saturated heterocycles. The van der Waals surface area contributed by atoms with E-state index in [-0.39, 0.29) is 17.0 Å². The number of aryl methyl sites for hydroxylation is 1. The quantitative estimate of drug-likeness (QED) is 0.407. The van der Waals surface area contributed by atoms with Crippen LogP contribution in [0.3, 0.4) is 0 Å². The van der Waals surface area contributed by atoms with Crippen molar-refractivity contribution in [1.82, 2.24) is 4.57 Å². The molecule has 27 heavy (non-hydrogen) atoms. The number of nitroso groups, excluding NO2 is 1. The van der Waals surface area contributed by atoms with E-state index in [9.17, 15) is 10.0 Å². The molecule has 0 fully saturated rings. The van der Waals surface area contributed by atoms with Crippen LogP contribution in [0.2, 0.25) is 5.02 Å². The lowest BCUT2D eigenvalue weighted by atomic mass is 9.87. The Balaban J connectivity index is 1.68. The number of halogens is 1. The van der Waals surface area contributed by atoms with Crippen LogP contribution < -0.4 is 4.74 Å². The van der Waals surface area contributed by atoms with Crippen molar-refractivity contribution < 1.29 is 9.84 Å². The van der Waals surface area contributed by atoms with Gasteiger partial charge in [0.25, 0.3) is 0 Å². The van der Waals surface area contributed by atoms with Gasteiger partial charge in [0, 0.05) is 11.9 Å². The number of fused-ring (bicyclic) bond motifs is 1. The van der Waals surface area contributed by atoms with E-state index in [1.807, 2.05) is 12.1 Å². The number of nitrogens with zero attached hydrogens (tertiary/aromatic N) is 2. The van der Waals surface area contributed by atoms with E-state index in [0.29, 0.717) is 35.5 Å². The van der Waals surface area contributed by atoms with Gasteiger partial charge in [-0.3, -0.25) is 0 Å². The highest BCUT2D eigenvalue weighted by molar-refractivity contribution is 6.35. The van der Waals surface area contributed by atoms with Gasteiger partial charge >= 0.3 is 0 Å². The SMILES string of the molecule is CC(C)(C)c1ccc(OCCCn2c(O)c(N=O)c3cccc(Cl)c32)cc1. The molecule has 0 saturated carbocycles. The van der Waals surface area contributed by atoms with E-state index in [1.54, 1.807) is 22.8 Å². The van der Waals surface area contributed by atoms with Gasteiger partial charge in [0.15, 0.2) is 5.69 Å². The second-order valence-electron chi connectivity index (χ2n) is 7.53. The van der Waals surface area contributed by atoms with Crippen LogP contribution in [-0.2, 0) is 12.0 Å². The van der Waals surface area contributed by atoms with Crippen LogP contribution in [0.4, 0.5) is 5.69 Å². The highest BCUT2D eigenvalue weighted by atomic mass is 35.5. The first-order chi connectivity index (χ1) is 12.8. The summed E-state index contributed by atoms with van der Waals surface area (Å²) in [5.41, 5.74) is 1.99. The van der Waals surface area contributed by atoms with Crippen LogP contribution in [0, 0.1) is 4.91 Å². The maximum absolute atomic E-state index is 11.1. The molecule has 3 rings (SSSR count). The second kappa shape index (κ2) is 7.61. The fourth-order valence-electron chi connectivity index (χ4n) is 3.11. The number of para-hydroxylation sites is 1. The number of ether oxygens (including phenoxy) is 1. The Labute approximate surface area is 163 Å². The fraction of sp³-hybridized carbons (Fsp3) is 0.333. The van der Waals surface area contributed by atoms with E-state index in [4.69, 9.17) is 16.3 Å². The Morgan fingerprint density at radius 2 is 1.85 bits per heavy atom. The molecule has 3 aromatic rings. The molecule has 2 aromatic carbocycles. The van der Waals surface area contributed by atoms with Gasteiger partial charge in [-0.05, 0) is 40.8 Å². The summed E-state index contributed by atoms with van der Waals surface area (Å²) in [5, 5.41) is 14.3. The highest BCUT2D eigenvalue weighted by Gasteiger charge is 2.19. The molecule has 0 aliphatic carbocycles. The van der Waals surface area contributed by atoms with Crippen molar-refractivity contribution in [3.8, 4) is 11.6 Å². The summed E-state index contributed by atoms with van der Waals surface area (Å²) in [5.74, 6) is 0.639. The smallest absolute Gasteiger partial charge is 0.222 e. The average Bonchev–Trinajstić information content (AvgIpc) is 2.90. The van der Waals surface area contributed by atoms with Crippen molar-refractivity contribution in [3.63, 3.8) is 0 Å². The topological polar surface area (TPSA) is 63.8 Å². The number of hydrogen-bond acceptors (Lipinski definition) is 4. The summed E-state index contributed by atoms with van der Waals surface area (Å²) in [4.78, 5) is 11.1. The van der Waals surface area contributed by atoms with E-state index in [2.05, 4.69) is 38.1 Å². The summed E-state index contributed by atoms with van der Waals surface area (Å²) in [7, 11) is 0. The molecule has 1 N–H and O–H groups in total. The maximum Gasteiger partial charge on any atom is 0.222 e. The zero-order chi connectivity index (χ0) is 19.6. The number of aromatic hydroxyl groups is 1. The summed E-state index contributed by atoms with van der Waals surface area (Å²) >= 11 is 6.26. The number of rotatable bonds is 6. The second-order valence-corrected chi connectivity index (χ2v) is 7.93. The largest absolute Gasteiger partial charge is 0.494 e. The molecule has 0 radical (unpaired) electrons. The highest BCUT2D eigenvalue weighted by Crippen LogP contribution is 2.41. The van der Waals surface area contributed by atoms with Crippen LogP contribution in [0.15, 0.2) is 47.6 Å². The molecular formula is C21H23ClN2O3. The first kappa shape index (κ1) is 19.2. The molecule has 0 bridgehead atoms. The standard InChI is InChI=1S/C21H23ClN2O3/c1-21(2,3)14-8-10-15(11-9-14)27-13-5-12-24-19-16(6-4-7-17(19)22)18(23-26)20(24)25/h4,6-11,25H,5,12-13H2,1-3H3. The first-order valence-corrected chi connectivity index (χ1v) is 9.27. The molecule has 142 valence electrons. The van der Waals surface area contributed by atoms with Gasteiger partial charge in [-0.15, -0.1) is 4.91 Å². The van der Waals surface area contributed by atoms with E-state index >= 15 is 0 Å². The Morgan fingerprint density at radius 1 is 1.15 bits per heavy atom. The molecule has 0 aliphatic heterocycles. The molecule has 5 nitrogen and oxygen atoms in total. The van der Waals surface area contributed by atoms with E-state index in [0.717, 1.165) is 5.75 Å². The van der Waals surface area contributed by atoms with Crippen molar-refractivity contribution in [1.29, 1.82) is 0 Å². The predicted molar refractivity (Wildman–Crippen MR) is 109 cm³/mol. The Kier molecular flexibility index (Phi) is 5.42. The normalized spacial score (nSPS) is 11.7. The lowest BCUT2D eigenvalue weighted by Gasteiger charge is -2.19. The Morgan fingerprint density at radius 3 is 2.48 bits per heavy atom. The van der Waals surface area contributed by atoms with Gasteiger partial charge < -0.3 is 14.4 Å². The summed E-state index contributed by atoms with van der Waals surface area (Å²) < 4.78 is 7.41. The molecule has 0 aliphatic rings. The van der Waals surface area contributed by atoms with Gasteiger partial charge in [0.05, 0.1) is 17.1 Å². The van der Waals surface area contributed by atoms with Crippen LogP contribution in [-0.4, -0.2) is 16.3 Å². The van der Waals surface area contributed by atoms with Crippen molar-refractivity contribution >= 4 is 28.2 Å². The number of hydrogen-bond donors (Lipinski definition) is 1. The van der Waals surface area contributed by atoms with Gasteiger partial charge in [0.1, 0.15) is 5.75 Å². The average molecular weight is 387 g/mol. The zero-order valence-electron chi connectivity index (χ0n) is 15.7. The van der Waals surface area contributed by atoms with Gasteiger partial charge in [-0.1, -0.05) is 56.6 Å². The molecule has 1 heterocycles. The maximum atomic E-state index is 11.1. The van der Waals surface area contributed by atoms with Gasteiger partial charge in [-0.2, -0.15) is 0 Å². The number of benzene rings is 2. The van der Waals surface area contributed by atoms with E-state index in [1.165, 1.54) is 5.56 Å². The minimum Gasteiger partial charge on any atom is -0.494 e. The van der Waals surface area contributed by atoms with E-state index < -0.39 is 0 Å². The molecule has 0 unspecified atom stereocenters. The van der Waals surface area contributed by atoms with Crippen molar-refractivity contribution in [2.24, 2.45) is 5.18 Å². The third kappa shape index (κ3) is 3.93. The molecule has 1 aromatic heterocycles. The zero-order valence-corrected chi connectivity index (χ0v) is 16.5. The third-order valence-electron chi connectivity index (χ3n) is 4.59. The van der Waals surface area contributed by atoms with Crippen LogP contribution in [0.1, 0.15) is 32.8 Å². The van der Waals surface area contributed by atoms with Crippen molar-refractivity contribution in [3.05, 3.63) is 58.0 Å². The summed E-state index contributed by atoms with van der Waals surface area (Å²) in [6, 6.07) is 13.3. The van der Waals surface area contributed by atoms with Gasteiger partial charge in [0.2, 0.25) is 5.88 Å². The lowest BCUT2D eigenvalue weighted by molar-refractivity contribution is 0.298. The molecular weight excluding hydrogens is 364 g/mol. The third-order valence-corrected chi connectivity index (χ3v) is 4.89. The predicted octanol–water partition coefficient (Wildman–Crippen LogP) is 6.16. The Bertz CT molecular complexity index is 956. The summed E-state index contributed by atoms with van der Waals surface area (Å²) in [6.45, 7) is 7.45. The van der Waals surface area contributed by atoms with Crippen molar-refractivity contribution in [2.45, 2.75) is 39.2 Å². The van der Waals surface area contributed by atoms with Crippen LogP contribution in [0.25, 0.3) is 10.9 Å². The van der Waals surface area contributed by atoms with Gasteiger partial charge in [-0.25, -0.2) is 0 Å². The molecule has 0 atom stereocenters. The molecule has 6 heteroatoms. The minimum absolute atomic E-state index is 0.0196. The number of aromatic nitrogens is 1. The summed E-state index contributed by atoms with van der Waals surface area (Å²) in [6.07, 6.45) is 0.641. The fourth-order valence-corrected chi connectivity index (χ4v) is 3.38. The monoisotopic (exact) mass is 386 g/mol. The first-order valence-electron chi connectivity index (χ1n) is 8.89.